The van der Waals surface area contributed by atoms with Crippen molar-refractivity contribution in [2.45, 2.75) is 39.7 Å². The predicted molar refractivity (Wildman–Crippen MR) is 85.0 cm³/mol. The number of benzene rings is 1. The van der Waals surface area contributed by atoms with E-state index in [-0.39, 0.29) is 23.6 Å². The highest BCUT2D eigenvalue weighted by Gasteiger charge is 2.20. The summed E-state index contributed by atoms with van der Waals surface area (Å²) in [5.74, 6) is -1.64. The summed E-state index contributed by atoms with van der Waals surface area (Å²) in [5, 5.41) is 21.5. The van der Waals surface area contributed by atoms with Crippen LogP contribution >= 0.6 is 0 Å². The molecule has 0 fully saturated rings. The second kappa shape index (κ2) is 7.21. The van der Waals surface area contributed by atoms with Crippen molar-refractivity contribution in [2.24, 2.45) is 5.92 Å². The second-order valence-corrected chi connectivity index (χ2v) is 6.26. The molecule has 0 saturated carbocycles. The van der Waals surface area contributed by atoms with Gasteiger partial charge in [-0.1, -0.05) is 6.92 Å². The van der Waals surface area contributed by atoms with Gasteiger partial charge in [0.25, 0.3) is 0 Å². The Balaban J connectivity index is 3.06. The fourth-order valence-electron chi connectivity index (χ4n) is 1.89. The van der Waals surface area contributed by atoms with Gasteiger partial charge in [-0.3, -0.25) is 10.1 Å². The molecule has 0 aliphatic carbocycles. The number of carboxylic acid groups (broad SMARTS) is 1. The zero-order valence-corrected chi connectivity index (χ0v) is 14.0. The number of aliphatic carboxylic acids is 1. The number of hydrogen-bond acceptors (Lipinski definition) is 5. The van der Waals surface area contributed by atoms with Gasteiger partial charge in [0, 0.05) is 0 Å². The second-order valence-electron chi connectivity index (χ2n) is 6.26. The zero-order chi connectivity index (χ0) is 17.8. The molecule has 7 heteroatoms. The first kappa shape index (κ1) is 18.6. The maximum Gasteiger partial charge on any atom is 0.412 e. The Bertz CT molecular complexity index is 591. The summed E-state index contributed by atoms with van der Waals surface area (Å²) in [7, 11) is 1.37. The van der Waals surface area contributed by atoms with Gasteiger partial charge >= 0.3 is 12.1 Å². The molecule has 1 amide bonds. The van der Waals surface area contributed by atoms with E-state index in [0.717, 1.165) is 0 Å². The number of ether oxygens (including phenoxy) is 2. The monoisotopic (exact) mass is 325 g/mol. The van der Waals surface area contributed by atoms with Gasteiger partial charge in [-0.05, 0) is 44.9 Å². The largest absolute Gasteiger partial charge is 0.503 e. The number of nitrogens with one attached hydrogen (secondary N) is 1. The number of methoxy groups -OCH3 is 1. The molecule has 1 unspecified atom stereocenters. The summed E-state index contributed by atoms with van der Waals surface area (Å²) < 4.78 is 10.2. The molecule has 0 aliphatic rings. The predicted octanol–water partition coefficient (Wildman–Crippen LogP) is 3.01. The number of anilines is 1. The Morgan fingerprint density at radius 1 is 1.30 bits per heavy atom. The van der Waals surface area contributed by atoms with Crippen LogP contribution in [0.3, 0.4) is 0 Å². The van der Waals surface area contributed by atoms with Crippen molar-refractivity contribution in [2.75, 3.05) is 12.4 Å². The highest BCUT2D eigenvalue weighted by atomic mass is 16.6. The molecule has 0 radical (unpaired) electrons. The molecule has 1 rings (SSSR count). The van der Waals surface area contributed by atoms with Crippen molar-refractivity contribution < 1.29 is 29.3 Å². The van der Waals surface area contributed by atoms with Gasteiger partial charge in [-0.25, -0.2) is 4.79 Å². The number of carboxylic acids is 1. The Morgan fingerprint density at radius 3 is 2.39 bits per heavy atom. The van der Waals surface area contributed by atoms with Crippen LogP contribution in [0.2, 0.25) is 0 Å². The van der Waals surface area contributed by atoms with E-state index in [4.69, 9.17) is 14.6 Å². The molecule has 0 heterocycles. The smallest absolute Gasteiger partial charge is 0.412 e. The normalized spacial score (nSPS) is 12.4. The number of carbonyl (C=O) groups is 2. The first-order valence-electron chi connectivity index (χ1n) is 7.16. The van der Waals surface area contributed by atoms with Crippen molar-refractivity contribution in [3.8, 4) is 11.5 Å². The first-order valence-corrected chi connectivity index (χ1v) is 7.16. The molecular weight excluding hydrogens is 302 g/mol. The van der Waals surface area contributed by atoms with Crippen LogP contribution in [0.4, 0.5) is 10.5 Å². The van der Waals surface area contributed by atoms with Gasteiger partial charge < -0.3 is 19.7 Å². The standard InChI is InChI=1S/C16H23NO6/c1-9(14(19)20)6-10-7-11(13(18)12(8-10)22-5)17-15(21)23-16(2,3)4/h7-9,18H,6H2,1-5H3,(H,17,21)(H,19,20). The molecular formula is C16H23NO6. The molecule has 0 bridgehead atoms. The highest BCUT2D eigenvalue weighted by molar-refractivity contribution is 5.88. The molecule has 0 aliphatic heterocycles. The van der Waals surface area contributed by atoms with Crippen molar-refractivity contribution in [1.29, 1.82) is 0 Å². The highest BCUT2D eigenvalue weighted by Crippen LogP contribution is 2.36. The maximum atomic E-state index is 11.8. The Hall–Kier alpha value is -2.44. The van der Waals surface area contributed by atoms with Crippen molar-refractivity contribution >= 4 is 17.7 Å². The van der Waals surface area contributed by atoms with E-state index >= 15 is 0 Å². The minimum absolute atomic E-state index is 0.103. The molecule has 23 heavy (non-hydrogen) atoms. The van der Waals surface area contributed by atoms with Gasteiger partial charge in [-0.15, -0.1) is 0 Å². The summed E-state index contributed by atoms with van der Waals surface area (Å²) in [6, 6.07) is 3.04. The summed E-state index contributed by atoms with van der Waals surface area (Å²) in [5.41, 5.74) is 0.0333. The van der Waals surface area contributed by atoms with E-state index in [1.165, 1.54) is 19.2 Å². The number of rotatable bonds is 5. The lowest BCUT2D eigenvalue weighted by atomic mass is 10.00. The van der Waals surface area contributed by atoms with Crippen LogP contribution in [0.15, 0.2) is 12.1 Å². The van der Waals surface area contributed by atoms with Crippen LogP contribution in [0.1, 0.15) is 33.3 Å². The fourth-order valence-corrected chi connectivity index (χ4v) is 1.89. The number of phenols is 1. The quantitative estimate of drug-likeness (QED) is 0.719. The van der Waals surface area contributed by atoms with Crippen LogP contribution in [-0.4, -0.2) is 35.0 Å². The maximum absolute atomic E-state index is 11.8. The number of phenolic OH excluding ortho intramolecular Hbond substituents is 1. The van der Waals surface area contributed by atoms with Gasteiger partial charge in [0.2, 0.25) is 0 Å². The van der Waals surface area contributed by atoms with Gasteiger partial charge in [0.05, 0.1) is 18.7 Å². The summed E-state index contributed by atoms with van der Waals surface area (Å²) in [4.78, 5) is 22.8. The van der Waals surface area contributed by atoms with Crippen molar-refractivity contribution in [1.82, 2.24) is 0 Å². The zero-order valence-electron chi connectivity index (χ0n) is 14.0. The minimum Gasteiger partial charge on any atom is -0.503 e. The van der Waals surface area contributed by atoms with Crippen LogP contribution < -0.4 is 10.1 Å². The molecule has 7 nitrogen and oxygen atoms in total. The minimum atomic E-state index is -0.932. The first-order chi connectivity index (χ1) is 10.5. The summed E-state index contributed by atoms with van der Waals surface area (Å²) in [6.07, 6.45) is -0.493. The van der Waals surface area contributed by atoms with E-state index in [2.05, 4.69) is 5.32 Å². The lowest BCUT2D eigenvalue weighted by Crippen LogP contribution is -2.27. The van der Waals surface area contributed by atoms with Crippen LogP contribution in [0, 0.1) is 5.92 Å². The molecule has 1 atom stereocenters. The number of hydrogen-bond donors (Lipinski definition) is 3. The molecule has 1 aromatic carbocycles. The molecule has 0 saturated heterocycles. The third-order valence-corrected chi connectivity index (χ3v) is 2.95. The van der Waals surface area contributed by atoms with Crippen LogP contribution in [0.25, 0.3) is 0 Å². The molecule has 0 aromatic heterocycles. The van der Waals surface area contributed by atoms with E-state index in [0.29, 0.717) is 5.56 Å². The SMILES string of the molecule is COc1cc(CC(C)C(=O)O)cc(NC(=O)OC(C)(C)C)c1O. The molecule has 0 spiro atoms. The van der Waals surface area contributed by atoms with Crippen molar-refractivity contribution in [3.63, 3.8) is 0 Å². The van der Waals surface area contributed by atoms with Crippen LogP contribution in [-0.2, 0) is 16.0 Å². The van der Waals surface area contributed by atoms with E-state index < -0.39 is 23.6 Å². The number of amides is 1. The molecule has 1 aromatic rings. The average Bonchev–Trinajstić information content (AvgIpc) is 2.39. The summed E-state index contributed by atoms with van der Waals surface area (Å²) in [6.45, 7) is 6.73. The summed E-state index contributed by atoms with van der Waals surface area (Å²) >= 11 is 0. The Morgan fingerprint density at radius 2 is 1.91 bits per heavy atom. The lowest BCUT2D eigenvalue weighted by Gasteiger charge is -2.20. The van der Waals surface area contributed by atoms with E-state index in [9.17, 15) is 14.7 Å². The molecule has 128 valence electrons. The number of aromatic hydroxyl groups is 1. The average molecular weight is 325 g/mol. The third kappa shape index (κ3) is 5.69. The molecule has 3 N–H and O–H groups in total. The topological polar surface area (TPSA) is 105 Å². The van der Waals surface area contributed by atoms with Gasteiger partial charge in [-0.2, -0.15) is 0 Å². The van der Waals surface area contributed by atoms with Crippen molar-refractivity contribution in [3.05, 3.63) is 17.7 Å². The van der Waals surface area contributed by atoms with Crippen LogP contribution in [0.5, 0.6) is 11.5 Å². The van der Waals surface area contributed by atoms with Gasteiger partial charge in [0.15, 0.2) is 11.5 Å². The van der Waals surface area contributed by atoms with E-state index in [1.807, 2.05) is 0 Å². The Labute approximate surface area is 135 Å². The van der Waals surface area contributed by atoms with Gasteiger partial charge in [0.1, 0.15) is 5.60 Å². The fraction of sp³-hybridized carbons (Fsp3) is 0.500. The number of carbonyl (C=O) groups excluding carboxylic acids is 1. The van der Waals surface area contributed by atoms with E-state index in [1.54, 1.807) is 27.7 Å². The lowest BCUT2D eigenvalue weighted by molar-refractivity contribution is -0.141. The Kier molecular flexibility index (Phi) is 5.84. The third-order valence-electron chi connectivity index (χ3n) is 2.95.